The molecule has 0 radical (unpaired) electrons. The molecule has 7 rings (SSSR count). The highest BCUT2D eigenvalue weighted by atomic mass is 16.6. The van der Waals surface area contributed by atoms with Gasteiger partial charge in [0.05, 0.1) is 29.7 Å². The van der Waals surface area contributed by atoms with Gasteiger partial charge in [0.15, 0.2) is 11.4 Å². The number of primary amides is 1. The van der Waals surface area contributed by atoms with Gasteiger partial charge >= 0.3 is 12.1 Å². The zero-order chi connectivity index (χ0) is 53.4. The molecule has 0 saturated heterocycles. The number of urea groups is 1. The number of hydrogen-bond donors (Lipinski definition) is 5. The van der Waals surface area contributed by atoms with Gasteiger partial charge in [-0.25, -0.2) is 24.1 Å². The molecule has 2 atom stereocenters. The van der Waals surface area contributed by atoms with Crippen LogP contribution in [0.25, 0.3) is 28.3 Å². The Bertz CT molecular complexity index is 3020. The molecule has 6 N–H and O–H groups in total. The molecule has 20 nitrogen and oxygen atoms in total. The fraction of sp³-hybridized carbons (Fsp3) is 0.364. The van der Waals surface area contributed by atoms with Gasteiger partial charge in [-0.15, -0.1) is 0 Å². The highest BCUT2D eigenvalue weighted by Gasteiger charge is 2.30. The van der Waals surface area contributed by atoms with E-state index in [1.165, 1.54) is 18.5 Å². The molecule has 2 aromatic carbocycles. The largest absolute Gasteiger partial charge is 0.445 e. The molecule has 75 heavy (non-hydrogen) atoms. The van der Waals surface area contributed by atoms with Crippen molar-refractivity contribution in [3.05, 3.63) is 132 Å². The summed E-state index contributed by atoms with van der Waals surface area (Å²) in [5.74, 6) is -2.34. The number of imide groups is 1. The number of ether oxygens (including phenoxy) is 1. The summed E-state index contributed by atoms with van der Waals surface area (Å²) in [7, 11) is 0. The Morgan fingerprint density at radius 2 is 1.61 bits per heavy atom. The van der Waals surface area contributed by atoms with Gasteiger partial charge in [-0.05, 0) is 98.0 Å². The monoisotopic (exact) mass is 1020 g/mol. The lowest BCUT2D eigenvalue weighted by Crippen LogP contribution is -2.45. The van der Waals surface area contributed by atoms with Crippen molar-refractivity contribution in [1.29, 1.82) is 0 Å². The maximum Gasteiger partial charge on any atom is 0.410 e. The lowest BCUT2D eigenvalue weighted by atomic mass is 9.89. The van der Waals surface area contributed by atoms with Gasteiger partial charge in [0.1, 0.15) is 18.8 Å². The van der Waals surface area contributed by atoms with Gasteiger partial charge in [-0.3, -0.25) is 38.8 Å². The van der Waals surface area contributed by atoms with E-state index in [0.29, 0.717) is 65.5 Å². The van der Waals surface area contributed by atoms with E-state index in [1.54, 1.807) is 33.7 Å². The SMILES string of the molecule is CCc1ccccc1CN(Cc1nc(-c2ccc3ncnn3c2)c(-c2cccc(C)n2)[nH]1)C(=O)OCc1ccc(NC(=O)[C@H](CCCNC(N)=O)CC(=O)[C@@H](NC(=O)CCCCCN2C(=O)C=CC2=O)C(C)C)cc1. The average Bonchev–Trinajstić information content (AvgIpc) is 4.13. The highest BCUT2D eigenvalue weighted by Crippen LogP contribution is 2.31. The zero-order valence-corrected chi connectivity index (χ0v) is 42.7. The van der Waals surface area contributed by atoms with Crippen molar-refractivity contribution in [3.8, 4) is 22.6 Å². The highest BCUT2D eigenvalue weighted by molar-refractivity contribution is 6.12. The van der Waals surface area contributed by atoms with Crippen molar-refractivity contribution < 1.29 is 38.3 Å². The normalized spacial score (nSPS) is 13.0. The summed E-state index contributed by atoms with van der Waals surface area (Å²) < 4.78 is 7.64. The number of pyridine rings is 2. The van der Waals surface area contributed by atoms with Crippen LogP contribution in [0.3, 0.4) is 0 Å². The number of carbonyl (C=O) groups is 7. The van der Waals surface area contributed by atoms with Crippen LogP contribution in [-0.2, 0) is 54.8 Å². The van der Waals surface area contributed by atoms with Crippen LogP contribution in [0.1, 0.15) is 93.9 Å². The van der Waals surface area contributed by atoms with Gasteiger partial charge in [0.2, 0.25) is 11.8 Å². The number of rotatable bonds is 26. The number of amides is 7. The second-order valence-electron chi connectivity index (χ2n) is 18.8. The average molecular weight is 1020 g/mol. The summed E-state index contributed by atoms with van der Waals surface area (Å²) in [5, 5.41) is 12.6. The second-order valence-corrected chi connectivity index (χ2v) is 18.8. The third kappa shape index (κ3) is 15.0. The number of aryl methyl sites for hydroxylation is 2. The maximum atomic E-state index is 14.2. The number of fused-ring (bicyclic) bond motifs is 1. The number of hydrogen-bond acceptors (Lipinski definition) is 12. The predicted octanol–water partition coefficient (Wildman–Crippen LogP) is 6.98. The fourth-order valence-electron chi connectivity index (χ4n) is 8.83. The molecular formula is C55H64N12O8. The number of H-pyrrole nitrogens is 1. The molecule has 20 heteroatoms. The van der Waals surface area contributed by atoms with Crippen molar-refractivity contribution in [2.45, 2.75) is 105 Å². The molecule has 5 heterocycles. The third-order valence-electron chi connectivity index (χ3n) is 12.9. The van der Waals surface area contributed by atoms with Crippen LogP contribution in [0.4, 0.5) is 15.3 Å². The van der Waals surface area contributed by atoms with Crippen LogP contribution >= 0.6 is 0 Å². The topological polar surface area (TPSA) is 269 Å². The summed E-state index contributed by atoms with van der Waals surface area (Å²) in [6.07, 6.45) is 8.18. The Morgan fingerprint density at radius 1 is 0.853 bits per heavy atom. The van der Waals surface area contributed by atoms with Crippen molar-refractivity contribution in [2.24, 2.45) is 17.6 Å². The summed E-state index contributed by atoms with van der Waals surface area (Å²) in [6, 6.07) is 22.7. The molecule has 1 aliphatic heterocycles. The van der Waals surface area contributed by atoms with E-state index in [9.17, 15) is 33.6 Å². The van der Waals surface area contributed by atoms with E-state index in [0.717, 1.165) is 33.7 Å². The minimum atomic E-state index is -0.853. The Balaban J connectivity index is 0.996. The molecule has 7 amide bonds. The number of ketones is 1. The summed E-state index contributed by atoms with van der Waals surface area (Å²) in [5.41, 5.74) is 12.7. The Kier molecular flexibility index (Phi) is 18.7. The number of Topliss-reactive ketones (excluding diaryl/α,β-unsaturated/α-hetero) is 1. The van der Waals surface area contributed by atoms with Gasteiger partial charge < -0.3 is 31.4 Å². The Labute approximate surface area is 434 Å². The lowest BCUT2D eigenvalue weighted by molar-refractivity contribution is -0.137. The molecular weight excluding hydrogens is 957 g/mol. The van der Waals surface area contributed by atoms with Crippen LogP contribution < -0.4 is 21.7 Å². The zero-order valence-electron chi connectivity index (χ0n) is 42.7. The first-order valence-electron chi connectivity index (χ1n) is 25.3. The third-order valence-corrected chi connectivity index (χ3v) is 12.9. The van der Waals surface area contributed by atoms with Crippen molar-refractivity contribution in [2.75, 3.05) is 18.4 Å². The van der Waals surface area contributed by atoms with Crippen LogP contribution in [0, 0.1) is 18.8 Å². The van der Waals surface area contributed by atoms with Crippen molar-refractivity contribution >= 4 is 52.9 Å². The molecule has 0 unspecified atom stereocenters. The van der Waals surface area contributed by atoms with Crippen LogP contribution in [0.5, 0.6) is 0 Å². The standard InChI is InChI=1S/C55H64N12O8/c1-5-38-14-8-9-15-40(38)30-65(32-45-62-51(41-21-24-46-58-34-59-67(46)31-41)52(63-45)43-17-11-13-36(4)60-43)55(74)75-33-37-19-22-42(23-20-37)61-53(72)39(16-12-27-57-54(56)73)29-44(68)50(35(2)3)64-47(69)18-7-6-10-28-66-48(70)25-26-49(66)71/h8-9,11,13-15,17,19-26,31,34-35,39,50H,5-7,10,12,16,18,27-30,32-33H2,1-4H3,(H,61,72)(H,62,63)(H,64,69)(H3,56,57,73)/t39-,50+/m1/s1. The minimum absolute atomic E-state index is 0.0753. The molecule has 0 aliphatic carbocycles. The number of anilines is 1. The van der Waals surface area contributed by atoms with Crippen molar-refractivity contribution in [1.82, 2.24) is 50.0 Å². The summed E-state index contributed by atoms with van der Waals surface area (Å²) in [6.45, 7) is 8.30. The Hall–Kier alpha value is -8.55. The van der Waals surface area contributed by atoms with Crippen LogP contribution in [0.15, 0.2) is 104 Å². The number of aromatic amines is 1. The van der Waals surface area contributed by atoms with Crippen LogP contribution in [-0.4, -0.2) is 100 Å². The number of aromatic nitrogens is 6. The first kappa shape index (κ1) is 54.2. The van der Waals surface area contributed by atoms with E-state index in [-0.39, 0.29) is 81.5 Å². The van der Waals surface area contributed by atoms with Crippen molar-refractivity contribution in [3.63, 3.8) is 0 Å². The summed E-state index contributed by atoms with van der Waals surface area (Å²) >= 11 is 0. The fourth-order valence-corrected chi connectivity index (χ4v) is 8.83. The van der Waals surface area contributed by atoms with Gasteiger partial charge in [0.25, 0.3) is 11.8 Å². The van der Waals surface area contributed by atoms with E-state index in [4.69, 9.17) is 20.4 Å². The number of imidazole rings is 1. The molecule has 1 aliphatic rings. The maximum absolute atomic E-state index is 14.2. The van der Waals surface area contributed by atoms with E-state index < -0.39 is 30.0 Å². The minimum Gasteiger partial charge on any atom is -0.445 e. The molecule has 0 bridgehead atoms. The molecule has 0 saturated carbocycles. The first-order chi connectivity index (χ1) is 36.1. The summed E-state index contributed by atoms with van der Waals surface area (Å²) in [4.78, 5) is 110. The van der Waals surface area contributed by atoms with E-state index >= 15 is 0 Å². The molecule has 0 spiro atoms. The predicted molar refractivity (Wildman–Crippen MR) is 280 cm³/mol. The number of carbonyl (C=O) groups excluding carboxylic acids is 7. The Morgan fingerprint density at radius 3 is 2.33 bits per heavy atom. The number of nitrogens with one attached hydrogen (secondary N) is 4. The van der Waals surface area contributed by atoms with Gasteiger partial charge in [-0.1, -0.05) is 69.7 Å². The second kappa shape index (κ2) is 25.9. The number of unbranched alkanes of at least 4 members (excludes halogenated alkanes) is 2. The van der Waals surface area contributed by atoms with E-state index in [2.05, 4.69) is 37.9 Å². The quantitative estimate of drug-likeness (QED) is 0.0272. The molecule has 392 valence electrons. The number of nitrogens with zero attached hydrogens (tertiary/aromatic N) is 7. The smallest absolute Gasteiger partial charge is 0.410 e. The van der Waals surface area contributed by atoms with Gasteiger partial charge in [-0.2, -0.15) is 5.10 Å². The lowest BCUT2D eigenvalue weighted by Gasteiger charge is -2.24. The number of nitrogens with two attached hydrogens (primary N) is 1. The number of benzene rings is 2. The van der Waals surface area contributed by atoms with Gasteiger partial charge in [0, 0.05) is 73.7 Å². The van der Waals surface area contributed by atoms with Crippen LogP contribution in [0.2, 0.25) is 0 Å². The van der Waals surface area contributed by atoms with E-state index in [1.807, 2.05) is 81.6 Å². The first-order valence-corrected chi connectivity index (χ1v) is 25.3. The molecule has 6 aromatic rings. The molecule has 4 aromatic heterocycles. The molecule has 0 fully saturated rings.